The molecule has 5 nitrogen and oxygen atoms in total. The minimum absolute atomic E-state index is 0.171. The van der Waals surface area contributed by atoms with Crippen molar-refractivity contribution in [2.24, 2.45) is 0 Å². The third kappa shape index (κ3) is 4.07. The van der Waals surface area contributed by atoms with Gasteiger partial charge in [-0.2, -0.15) is 0 Å². The van der Waals surface area contributed by atoms with E-state index in [9.17, 15) is 8.42 Å². The van der Waals surface area contributed by atoms with Crippen LogP contribution in [0, 0.1) is 6.92 Å². The van der Waals surface area contributed by atoms with Gasteiger partial charge in [0.15, 0.2) is 0 Å². The van der Waals surface area contributed by atoms with Crippen LogP contribution >= 0.6 is 11.3 Å². The highest BCUT2D eigenvalue weighted by Crippen LogP contribution is 2.23. The lowest BCUT2D eigenvalue weighted by atomic mass is 10.1. The molecule has 0 amide bonds. The number of aromatic nitrogens is 1. The van der Waals surface area contributed by atoms with Crippen molar-refractivity contribution < 1.29 is 8.42 Å². The summed E-state index contributed by atoms with van der Waals surface area (Å²) in [6.07, 6.45) is 7.93. The van der Waals surface area contributed by atoms with E-state index in [4.69, 9.17) is 0 Å². The van der Waals surface area contributed by atoms with Crippen LogP contribution < -0.4 is 4.72 Å². The van der Waals surface area contributed by atoms with Crippen LogP contribution in [-0.2, 0) is 16.6 Å². The molecular formula is C15H25N3O2S2. The summed E-state index contributed by atoms with van der Waals surface area (Å²) < 4.78 is 28.1. The summed E-state index contributed by atoms with van der Waals surface area (Å²) in [5.41, 5.74) is 0. The summed E-state index contributed by atoms with van der Waals surface area (Å²) in [6.45, 7) is 4.44. The minimum Gasteiger partial charge on any atom is -0.297 e. The Morgan fingerprint density at radius 3 is 2.77 bits per heavy atom. The van der Waals surface area contributed by atoms with E-state index in [1.165, 1.54) is 4.88 Å². The van der Waals surface area contributed by atoms with Gasteiger partial charge in [-0.25, -0.2) is 18.1 Å². The molecule has 1 N–H and O–H groups in total. The third-order valence-corrected chi connectivity index (χ3v) is 7.46. The van der Waals surface area contributed by atoms with E-state index in [0.29, 0.717) is 6.54 Å². The minimum atomic E-state index is -3.19. The maximum Gasteiger partial charge on any atom is 0.215 e. The molecule has 3 rings (SSSR count). The molecule has 2 aliphatic rings. The zero-order chi connectivity index (χ0) is 15.6. The number of nitrogens with one attached hydrogen (secondary N) is 1. The van der Waals surface area contributed by atoms with Gasteiger partial charge in [0, 0.05) is 30.2 Å². The Morgan fingerprint density at radius 2 is 2.09 bits per heavy atom. The first-order valence-corrected chi connectivity index (χ1v) is 10.5. The number of nitrogens with zero attached hydrogens (tertiary/aromatic N) is 2. The van der Waals surface area contributed by atoms with E-state index in [2.05, 4.69) is 14.6 Å². The smallest absolute Gasteiger partial charge is 0.215 e. The number of thiazole rings is 1. The van der Waals surface area contributed by atoms with Crippen molar-refractivity contribution in [3.8, 4) is 0 Å². The van der Waals surface area contributed by atoms with E-state index in [0.717, 1.165) is 56.6 Å². The highest BCUT2D eigenvalue weighted by Gasteiger charge is 2.33. The largest absolute Gasteiger partial charge is 0.297 e. The number of aryl methyl sites for hydroxylation is 1. The highest BCUT2D eigenvalue weighted by atomic mass is 32.2. The molecule has 1 aromatic rings. The van der Waals surface area contributed by atoms with Crippen LogP contribution in [-0.4, -0.2) is 42.7 Å². The summed E-state index contributed by atoms with van der Waals surface area (Å²) in [4.78, 5) is 7.76. The lowest BCUT2D eigenvalue weighted by molar-refractivity contribution is 0.223. The molecule has 2 heterocycles. The molecule has 124 valence electrons. The molecule has 1 atom stereocenters. The number of sulfonamides is 1. The molecule has 7 heteroatoms. The highest BCUT2D eigenvalue weighted by molar-refractivity contribution is 7.90. The van der Waals surface area contributed by atoms with Gasteiger partial charge in [0.1, 0.15) is 0 Å². The van der Waals surface area contributed by atoms with Crippen LogP contribution in [0.2, 0.25) is 0 Å². The van der Waals surface area contributed by atoms with E-state index in [1.807, 2.05) is 13.1 Å². The molecule has 1 saturated carbocycles. The van der Waals surface area contributed by atoms with Gasteiger partial charge >= 0.3 is 0 Å². The van der Waals surface area contributed by atoms with Crippen LogP contribution in [0.15, 0.2) is 6.20 Å². The number of piperidine rings is 1. The summed E-state index contributed by atoms with van der Waals surface area (Å²) in [5.74, 6) is 0. The van der Waals surface area contributed by atoms with Crippen molar-refractivity contribution in [3.63, 3.8) is 0 Å². The molecule has 1 aromatic heterocycles. The Labute approximate surface area is 137 Å². The number of likely N-dealkylation sites (tertiary alicyclic amines) is 1. The van der Waals surface area contributed by atoms with Gasteiger partial charge in [-0.05, 0) is 39.2 Å². The fourth-order valence-corrected chi connectivity index (χ4v) is 6.10. The van der Waals surface area contributed by atoms with Gasteiger partial charge < -0.3 is 0 Å². The SMILES string of the molecule is Cc1ncc(CN2CCC[C@H](S(=O)(=O)NC3CCCC3)C2)s1. The molecule has 0 spiro atoms. The molecular weight excluding hydrogens is 318 g/mol. The van der Waals surface area contributed by atoms with Gasteiger partial charge in [0.25, 0.3) is 0 Å². The quantitative estimate of drug-likeness (QED) is 0.891. The molecule has 1 aliphatic heterocycles. The first-order valence-electron chi connectivity index (χ1n) is 8.18. The topological polar surface area (TPSA) is 62.3 Å². The van der Waals surface area contributed by atoms with Crippen LogP contribution in [0.3, 0.4) is 0 Å². The number of rotatable bonds is 5. The lowest BCUT2D eigenvalue weighted by Gasteiger charge is -2.32. The van der Waals surface area contributed by atoms with Gasteiger partial charge in [-0.1, -0.05) is 12.8 Å². The first-order chi connectivity index (χ1) is 10.5. The predicted octanol–water partition coefficient (Wildman–Crippen LogP) is 2.28. The molecule has 0 unspecified atom stereocenters. The maximum atomic E-state index is 12.6. The Morgan fingerprint density at radius 1 is 1.32 bits per heavy atom. The Balaban J connectivity index is 1.59. The van der Waals surface area contributed by atoms with Crippen LogP contribution in [0.1, 0.15) is 48.4 Å². The third-order valence-electron chi connectivity index (χ3n) is 4.64. The van der Waals surface area contributed by atoms with E-state index in [1.54, 1.807) is 11.3 Å². The monoisotopic (exact) mass is 343 g/mol. The second kappa shape index (κ2) is 6.95. The fraction of sp³-hybridized carbons (Fsp3) is 0.800. The van der Waals surface area contributed by atoms with Gasteiger partial charge in [-0.15, -0.1) is 11.3 Å². The second-order valence-electron chi connectivity index (χ2n) is 6.49. The average Bonchev–Trinajstić information content (AvgIpc) is 3.11. The Kier molecular flexibility index (Phi) is 5.17. The normalized spacial score (nSPS) is 24.9. The van der Waals surface area contributed by atoms with E-state index >= 15 is 0 Å². The van der Waals surface area contributed by atoms with Crippen LogP contribution in [0.25, 0.3) is 0 Å². The average molecular weight is 344 g/mol. The van der Waals surface area contributed by atoms with Crippen molar-refractivity contribution in [3.05, 3.63) is 16.1 Å². The summed E-state index contributed by atoms with van der Waals surface area (Å²) >= 11 is 1.70. The zero-order valence-corrected chi connectivity index (χ0v) is 14.8. The molecule has 0 bridgehead atoms. The molecule has 0 aromatic carbocycles. The fourth-order valence-electron chi connectivity index (χ4n) is 3.48. The molecule has 22 heavy (non-hydrogen) atoms. The van der Waals surface area contributed by atoms with Crippen molar-refractivity contribution >= 4 is 21.4 Å². The Hall–Kier alpha value is -0.500. The Bertz CT molecular complexity index is 594. The van der Waals surface area contributed by atoms with Gasteiger partial charge in [-0.3, -0.25) is 4.90 Å². The molecule has 2 fully saturated rings. The van der Waals surface area contributed by atoms with Crippen LogP contribution in [0.4, 0.5) is 0 Å². The second-order valence-corrected chi connectivity index (χ2v) is 9.80. The van der Waals surface area contributed by atoms with E-state index < -0.39 is 10.0 Å². The summed E-state index contributed by atoms with van der Waals surface area (Å²) in [5, 5.41) is 0.801. The first kappa shape index (κ1) is 16.4. The molecule has 0 radical (unpaired) electrons. The van der Waals surface area contributed by atoms with Crippen molar-refractivity contribution in [1.29, 1.82) is 0 Å². The van der Waals surface area contributed by atoms with Crippen LogP contribution in [0.5, 0.6) is 0 Å². The van der Waals surface area contributed by atoms with Crippen molar-refractivity contribution in [2.45, 2.75) is 63.3 Å². The molecule has 1 aliphatic carbocycles. The standard InChI is InChI=1S/C15H25N3O2S2/c1-12-16-9-14(21-12)10-18-8-4-7-15(11-18)22(19,20)17-13-5-2-3-6-13/h9,13,15,17H,2-8,10-11H2,1H3/t15-/m0/s1. The lowest BCUT2D eigenvalue weighted by Crippen LogP contribution is -2.48. The maximum absolute atomic E-state index is 12.6. The number of hydrogen-bond donors (Lipinski definition) is 1. The van der Waals surface area contributed by atoms with Crippen molar-refractivity contribution in [1.82, 2.24) is 14.6 Å². The van der Waals surface area contributed by atoms with Crippen molar-refractivity contribution in [2.75, 3.05) is 13.1 Å². The molecule has 1 saturated heterocycles. The zero-order valence-electron chi connectivity index (χ0n) is 13.1. The van der Waals surface area contributed by atoms with Gasteiger partial charge in [0.05, 0.1) is 10.3 Å². The van der Waals surface area contributed by atoms with Gasteiger partial charge in [0.2, 0.25) is 10.0 Å². The summed E-state index contributed by atoms with van der Waals surface area (Å²) in [7, 11) is -3.19. The summed E-state index contributed by atoms with van der Waals surface area (Å²) in [6, 6.07) is 0.171. The predicted molar refractivity (Wildman–Crippen MR) is 89.5 cm³/mol. The number of hydrogen-bond acceptors (Lipinski definition) is 5. The van der Waals surface area contributed by atoms with E-state index in [-0.39, 0.29) is 11.3 Å².